The van der Waals surface area contributed by atoms with Crippen molar-refractivity contribution in [1.29, 1.82) is 0 Å². The Morgan fingerprint density at radius 3 is 2.36 bits per heavy atom. The molecule has 5 nitrogen and oxygen atoms in total. The van der Waals surface area contributed by atoms with Crippen molar-refractivity contribution in [2.24, 2.45) is 0 Å². The zero-order valence-electron chi connectivity index (χ0n) is 15.7. The fourth-order valence-corrected chi connectivity index (χ4v) is 3.25. The molecule has 0 unspecified atom stereocenters. The van der Waals surface area contributed by atoms with E-state index in [0.717, 1.165) is 34.8 Å². The van der Waals surface area contributed by atoms with Gasteiger partial charge in [-0.1, -0.05) is 12.1 Å². The van der Waals surface area contributed by atoms with Crippen LogP contribution in [0.5, 0.6) is 0 Å². The van der Waals surface area contributed by atoms with E-state index < -0.39 is 11.6 Å². The number of aromatic nitrogens is 4. The Kier molecular flexibility index (Phi) is 4.50. The molecule has 2 aromatic heterocycles. The van der Waals surface area contributed by atoms with Crippen molar-refractivity contribution in [3.63, 3.8) is 0 Å². The molecule has 2 aromatic carbocycles. The van der Waals surface area contributed by atoms with E-state index in [9.17, 15) is 8.78 Å². The van der Waals surface area contributed by atoms with Gasteiger partial charge in [-0.3, -0.25) is 0 Å². The van der Waals surface area contributed by atoms with Crippen molar-refractivity contribution >= 4 is 16.7 Å². The molecule has 0 fully saturated rings. The normalized spacial score (nSPS) is 12.3. The molecule has 0 radical (unpaired) electrons. The van der Waals surface area contributed by atoms with Gasteiger partial charge in [-0.05, 0) is 50.6 Å². The van der Waals surface area contributed by atoms with Crippen molar-refractivity contribution in [2.75, 3.05) is 5.32 Å². The molecule has 0 spiro atoms. The Bertz CT molecular complexity index is 1150. The molecule has 4 aromatic rings. The number of nitrogens with zero attached hydrogens (tertiary/aromatic N) is 4. The fourth-order valence-electron chi connectivity index (χ4n) is 3.25. The largest absolute Gasteiger partial charge is 0.363 e. The highest BCUT2D eigenvalue weighted by Gasteiger charge is 2.13. The summed E-state index contributed by atoms with van der Waals surface area (Å²) >= 11 is 0. The van der Waals surface area contributed by atoms with Gasteiger partial charge in [-0.15, -0.1) is 0 Å². The highest BCUT2D eigenvalue weighted by atomic mass is 19.2. The SMILES string of the molecule is Cc1cc(C)n(-c2ccc([C@H](C)Nc3ncnc4cc(F)c(F)cc34)cc2)n1. The Labute approximate surface area is 161 Å². The van der Waals surface area contributed by atoms with E-state index in [0.29, 0.717) is 16.7 Å². The lowest BCUT2D eigenvalue weighted by molar-refractivity contribution is 0.510. The summed E-state index contributed by atoms with van der Waals surface area (Å²) in [5.74, 6) is -1.39. The van der Waals surface area contributed by atoms with Crippen molar-refractivity contribution in [3.05, 3.63) is 77.4 Å². The molecule has 28 heavy (non-hydrogen) atoms. The lowest BCUT2D eigenvalue weighted by Crippen LogP contribution is -2.09. The van der Waals surface area contributed by atoms with Gasteiger partial charge in [0, 0.05) is 23.2 Å². The quantitative estimate of drug-likeness (QED) is 0.549. The van der Waals surface area contributed by atoms with Gasteiger partial charge in [0.15, 0.2) is 11.6 Å². The second-order valence-corrected chi connectivity index (χ2v) is 6.80. The van der Waals surface area contributed by atoms with Crippen molar-refractivity contribution in [2.45, 2.75) is 26.8 Å². The lowest BCUT2D eigenvalue weighted by atomic mass is 10.1. The molecular formula is C21H19F2N5. The second-order valence-electron chi connectivity index (χ2n) is 6.80. The van der Waals surface area contributed by atoms with Crippen LogP contribution in [0.3, 0.4) is 0 Å². The number of hydrogen-bond acceptors (Lipinski definition) is 4. The standard InChI is InChI=1S/C21H19F2N5/c1-12-8-13(2)28(27-12)16-6-4-15(5-7-16)14(3)26-21-17-9-18(22)19(23)10-20(17)24-11-25-21/h4-11,14H,1-3H3,(H,24,25,26)/t14-/m0/s1. The number of fused-ring (bicyclic) bond motifs is 1. The van der Waals surface area contributed by atoms with Crippen LogP contribution in [0.25, 0.3) is 16.6 Å². The first-order valence-electron chi connectivity index (χ1n) is 8.92. The van der Waals surface area contributed by atoms with Crippen LogP contribution in [0.4, 0.5) is 14.6 Å². The summed E-state index contributed by atoms with van der Waals surface area (Å²) in [6.07, 6.45) is 1.33. The topological polar surface area (TPSA) is 55.6 Å². The molecule has 0 aliphatic carbocycles. The van der Waals surface area contributed by atoms with E-state index in [1.54, 1.807) is 0 Å². The van der Waals surface area contributed by atoms with Crippen LogP contribution in [-0.4, -0.2) is 19.7 Å². The van der Waals surface area contributed by atoms with Crippen LogP contribution in [0, 0.1) is 25.5 Å². The van der Waals surface area contributed by atoms with E-state index in [1.807, 2.05) is 55.8 Å². The molecule has 4 rings (SSSR count). The maximum absolute atomic E-state index is 13.7. The first-order chi connectivity index (χ1) is 13.4. The van der Waals surface area contributed by atoms with Crippen molar-refractivity contribution in [3.8, 4) is 5.69 Å². The minimum Gasteiger partial charge on any atom is -0.363 e. The average molecular weight is 379 g/mol. The number of benzene rings is 2. The van der Waals surface area contributed by atoms with Crippen LogP contribution in [0.2, 0.25) is 0 Å². The van der Waals surface area contributed by atoms with Crippen LogP contribution in [0.15, 0.2) is 48.8 Å². The zero-order valence-corrected chi connectivity index (χ0v) is 15.7. The smallest absolute Gasteiger partial charge is 0.161 e. The summed E-state index contributed by atoms with van der Waals surface area (Å²) in [5, 5.41) is 8.19. The van der Waals surface area contributed by atoms with Gasteiger partial charge in [0.05, 0.1) is 16.9 Å². The number of anilines is 1. The molecule has 142 valence electrons. The predicted molar refractivity (Wildman–Crippen MR) is 105 cm³/mol. The van der Waals surface area contributed by atoms with Crippen LogP contribution in [0.1, 0.15) is 29.9 Å². The van der Waals surface area contributed by atoms with E-state index >= 15 is 0 Å². The molecule has 2 heterocycles. The summed E-state index contributed by atoms with van der Waals surface area (Å²) in [4.78, 5) is 8.21. The summed E-state index contributed by atoms with van der Waals surface area (Å²) in [7, 11) is 0. The molecule has 1 N–H and O–H groups in total. The minimum absolute atomic E-state index is 0.0966. The number of aryl methyl sites for hydroxylation is 2. The summed E-state index contributed by atoms with van der Waals surface area (Å²) in [6.45, 7) is 5.96. The Balaban J connectivity index is 1.60. The monoisotopic (exact) mass is 379 g/mol. The summed E-state index contributed by atoms with van der Waals surface area (Å²) in [6, 6.07) is 12.1. The molecule has 1 atom stereocenters. The van der Waals surface area contributed by atoms with Gasteiger partial charge < -0.3 is 5.32 Å². The van der Waals surface area contributed by atoms with Crippen LogP contribution < -0.4 is 5.32 Å². The number of halogens is 2. The molecule has 0 aliphatic rings. The summed E-state index contributed by atoms with van der Waals surface area (Å²) < 4.78 is 29.0. The maximum atomic E-state index is 13.7. The minimum atomic E-state index is -0.926. The van der Waals surface area contributed by atoms with Crippen LogP contribution >= 0.6 is 0 Å². The highest BCUT2D eigenvalue weighted by molar-refractivity contribution is 5.89. The number of hydrogen-bond donors (Lipinski definition) is 1. The zero-order chi connectivity index (χ0) is 19.8. The third-order valence-corrected chi connectivity index (χ3v) is 4.68. The van der Waals surface area contributed by atoms with Gasteiger partial charge >= 0.3 is 0 Å². The second kappa shape index (κ2) is 6.99. The Morgan fingerprint density at radius 1 is 0.964 bits per heavy atom. The van der Waals surface area contributed by atoms with Crippen molar-refractivity contribution in [1.82, 2.24) is 19.7 Å². The van der Waals surface area contributed by atoms with Gasteiger partial charge in [0.25, 0.3) is 0 Å². The average Bonchev–Trinajstić information content (AvgIpc) is 3.01. The molecule has 0 amide bonds. The van der Waals surface area contributed by atoms with Gasteiger partial charge in [-0.25, -0.2) is 23.4 Å². The Hall–Kier alpha value is -3.35. The molecule has 0 aliphatic heterocycles. The fraction of sp³-hybridized carbons (Fsp3) is 0.190. The molecule has 0 saturated carbocycles. The predicted octanol–water partition coefficient (Wildman–Crippen LogP) is 4.88. The first-order valence-corrected chi connectivity index (χ1v) is 8.92. The van der Waals surface area contributed by atoms with Crippen molar-refractivity contribution < 1.29 is 8.78 Å². The lowest BCUT2D eigenvalue weighted by Gasteiger charge is -2.17. The molecule has 0 bridgehead atoms. The number of rotatable bonds is 4. The Morgan fingerprint density at radius 2 is 1.68 bits per heavy atom. The van der Waals surface area contributed by atoms with E-state index in [-0.39, 0.29) is 6.04 Å². The number of nitrogens with one attached hydrogen (secondary N) is 1. The van der Waals surface area contributed by atoms with Gasteiger partial charge in [0.2, 0.25) is 0 Å². The first kappa shape index (κ1) is 18.0. The van der Waals surface area contributed by atoms with Gasteiger partial charge in [0.1, 0.15) is 12.1 Å². The van der Waals surface area contributed by atoms with Gasteiger partial charge in [-0.2, -0.15) is 5.10 Å². The maximum Gasteiger partial charge on any atom is 0.161 e. The van der Waals surface area contributed by atoms with E-state index in [4.69, 9.17) is 0 Å². The highest BCUT2D eigenvalue weighted by Crippen LogP contribution is 2.26. The van der Waals surface area contributed by atoms with E-state index in [2.05, 4.69) is 20.4 Å². The molecule has 7 heteroatoms. The third-order valence-electron chi connectivity index (χ3n) is 4.68. The molecular weight excluding hydrogens is 360 g/mol. The third kappa shape index (κ3) is 3.31. The summed E-state index contributed by atoms with van der Waals surface area (Å²) in [5.41, 5.74) is 4.39. The van der Waals surface area contributed by atoms with Crippen LogP contribution in [-0.2, 0) is 0 Å². The van der Waals surface area contributed by atoms with E-state index in [1.165, 1.54) is 6.33 Å². The molecule has 0 saturated heterocycles.